The highest BCUT2D eigenvalue weighted by molar-refractivity contribution is 9.10. The molecule has 0 aliphatic carbocycles. The standard InChI is InChI=1S/C24H20BrF3N2O4S/c1-34-23-22(35(2,32)33)8-13(11-29-23)15-6-7-16-18(26)4-3-5-21(16)30(24(15)31)12-17-19(27)9-14(25)10-20(17)28/h3-5,8-11,15H,6-7,12H2,1-2H3/t15-/m0/s1. The van der Waals surface area contributed by atoms with Gasteiger partial charge in [0.05, 0.1) is 25.3 Å². The molecular formula is C24H20BrF3N2O4S. The molecule has 11 heteroatoms. The normalized spacial score (nSPS) is 16.1. The lowest BCUT2D eigenvalue weighted by molar-refractivity contribution is -0.120. The van der Waals surface area contributed by atoms with E-state index in [2.05, 4.69) is 20.9 Å². The van der Waals surface area contributed by atoms with Crippen LogP contribution < -0.4 is 9.64 Å². The number of ether oxygens (including phenoxy) is 1. The number of carbonyl (C=O) groups is 1. The maximum absolute atomic E-state index is 14.8. The summed E-state index contributed by atoms with van der Waals surface area (Å²) in [5.41, 5.74) is 0.336. The molecule has 184 valence electrons. The summed E-state index contributed by atoms with van der Waals surface area (Å²) in [5, 5.41) is 0. The molecule has 3 aromatic rings. The first kappa shape index (κ1) is 25.2. The van der Waals surface area contributed by atoms with Crippen LogP contribution in [0.5, 0.6) is 5.88 Å². The van der Waals surface area contributed by atoms with E-state index in [1.54, 1.807) is 0 Å². The Balaban J connectivity index is 1.84. The van der Waals surface area contributed by atoms with E-state index in [0.717, 1.165) is 23.3 Å². The molecule has 0 saturated carbocycles. The fraction of sp³-hybridized carbons (Fsp3) is 0.250. The van der Waals surface area contributed by atoms with Crippen molar-refractivity contribution in [3.8, 4) is 5.88 Å². The first-order chi connectivity index (χ1) is 16.5. The Morgan fingerprint density at radius 1 is 1.14 bits per heavy atom. The number of hydrogen-bond acceptors (Lipinski definition) is 5. The highest BCUT2D eigenvalue weighted by Crippen LogP contribution is 2.38. The Hall–Kier alpha value is -2.92. The van der Waals surface area contributed by atoms with E-state index in [1.807, 2.05) is 0 Å². The lowest BCUT2D eigenvalue weighted by Gasteiger charge is -2.27. The minimum Gasteiger partial charge on any atom is -0.480 e. The molecule has 4 rings (SSSR count). The number of benzene rings is 2. The van der Waals surface area contributed by atoms with Crippen LogP contribution >= 0.6 is 15.9 Å². The second kappa shape index (κ2) is 9.62. The number of pyridine rings is 1. The molecular weight excluding hydrogens is 549 g/mol. The zero-order chi connectivity index (χ0) is 25.5. The SMILES string of the molecule is COc1ncc([C@@H]2CCc3c(F)cccc3N(Cc3c(F)cc(Br)cc3F)C2=O)cc1S(C)(=O)=O. The number of fused-ring (bicyclic) bond motifs is 1. The van der Waals surface area contributed by atoms with E-state index < -0.39 is 45.7 Å². The summed E-state index contributed by atoms with van der Waals surface area (Å²) in [6, 6.07) is 7.64. The van der Waals surface area contributed by atoms with Crippen LogP contribution in [0.3, 0.4) is 0 Å². The number of sulfone groups is 1. The van der Waals surface area contributed by atoms with Crippen molar-refractivity contribution in [2.45, 2.75) is 30.2 Å². The van der Waals surface area contributed by atoms with Crippen molar-refractivity contribution in [2.24, 2.45) is 0 Å². The molecule has 0 fully saturated rings. The van der Waals surface area contributed by atoms with Crippen LogP contribution in [0.2, 0.25) is 0 Å². The van der Waals surface area contributed by atoms with Gasteiger partial charge in [0.25, 0.3) is 0 Å². The van der Waals surface area contributed by atoms with E-state index >= 15 is 0 Å². The average Bonchev–Trinajstić information content (AvgIpc) is 2.92. The quantitative estimate of drug-likeness (QED) is 0.436. The minimum atomic E-state index is -3.75. The number of anilines is 1. The molecule has 0 N–H and O–H groups in total. The number of hydrogen-bond donors (Lipinski definition) is 0. The molecule has 2 aromatic carbocycles. The average molecular weight is 569 g/mol. The molecule has 1 aliphatic heterocycles. The molecule has 0 unspecified atom stereocenters. The molecule has 35 heavy (non-hydrogen) atoms. The van der Waals surface area contributed by atoms with Gasteiger partial charge >= 0.3 is 0 Å². The van der Waals surface area contributed by atoms with E-state index in [1.165, 1.54) is 37.6 Å². The number of nitrogens with zero attached hydrogens (tertiary/aromatic N) is 2. The summed E-state index contributed by atoms with van der Waals surface area (Å²) < 4.78 is 73.9. The zero-order valence-corrected chi connectivity index (χ0v) is 21.1. The molecule has 1 aromatic heterocycles. The Labute approximate surface area is 208 Å². The summed E-state index contributed by atoms with van der Waals surface area (Å²) in [7, 11) is -2.47. The number of carbonyl (C=O) groups excluding carboxylic acids is 1. The molecule has 1 aliphatic rings. The lowest BCUT2D eigenvalue weighted by atomic mass is 9.93. The maximum atomic E-state index is 14.8. The lowest BCUT2D eigenvalue weighted by Crippen LogP contribution is -2.34. The van der Waals surface area contributed by atoms with Crippen LogP contribution in [0.1, 0.15) is 29.0 Å². The van der Waals surface area contributed by atoms with Crippen molar-refractivity contribution in [1.82, 2.24) is 4.98 Å². The Morgan fingerprint density at radius 2 is 1.83 bits per heavy atom. The Kier molecular flexibility index (Phi) is 6.92. The summed E-state index contributed by atoms with van der Waals surface area (Å²) in [6.07, 6.45) is 2.58. The third kappa shape index (κ3) is 4.92. The minimum absolute atomic E-state index is 0.123. The van der Waals surface area contributed by atoms with Gasteiger partial charge in [-0.2, -0.15) is 0 Å². The monoisotopic (exact) mass is 568 g/mol. The molecule has 1 atom stereocenters. The maximum Gasteiger partial charge on any atom is 0.234 e. The topological polar surface area (TPSA) is 76.6 Å². The van der Waals surface area contributed by atoms with E-state index in [9.17, 15) is 26.4 Å². The molecule has 0 spiro atoms. The van der Waals surface area contributed by atoms with Crippen molar-refractivity contribution in [2.75, 3.05) is 18.3 Å². The number of aromatic nitrogens is 1. The summed E-state index contributed by atoms with van der Waals surface area (Å²) in [5.74, 6) is -3.92. The van der Waals surface area contributed by atoms with Gasteiger partial charge < -0.3 is 9.64 Å². The van der Waals surface area contributed by atoms with Gasteiger partial charge in [-0.15, -0.1) is 0 Å². The zero-order valence-electron chi connectivity index (χ0n) is 18.7. The number of methoxy groups -OCH3 is 1. The van der Waals surface area contributed by atoms with Crippen LogP contribution in [0.15, 0.2) is 52.0 Å². The molecule has 0 radical (unpaired) electrons. The van der Waals surface area contributed by atoms with Crippen LogP contribution in [0.4, 0.5) is 18.9 Å². The van der Waals surface area contributed by atoms with Crippen LogP contribution in [-0.4, -0.2) is 32.7 Å². The smallest absolute Gasteiger partial charge is 0.234 e. The van der Waals surface area contributed by atoms with E-state index in [4.69, 9.17) is 4.74 Å². The van der Waals surface area contributed by atoms with E-state index in [-0.39, 0.29) is 50.5 Å². The fourth-order valence-corrected chi connectivity index (χ4v) is 5.38. The Bertz CT molecular complexity index is 1410. The summed E-state index contributed by atoms with van der Waals surface area (Å²) >= 11 is 3.03. The first-order valence-electron chi connectivity index (χ1n) is 10.5. The van der Waals surface area contributed by atoms with Gasteiger partial charge in [-0.3, -0.25) is 4.79 Å². The van der Waals surface area contributed by atoms with Gasteiger partial charge in [0.2, 0.25) is 11.8 Å². The number of amides is 1. The highest BCUT2D eigenvalue weighted by Gasteiger charge is 2.34. The third-order valence-corrected chi connectivity index (χ3v) is 7.44. The Morgan fingerprint density at radius 3 is 2.46 bits per heavy atom. The van der Waals surface area contributed by atoms with Gasteiger partial charge in [0.15, 0.2) is 9.84 Å². The third-order valence-electron chi connectivity index (χ3n) is 5.89. The van der Waals surface area contributed by atoms with Crippen molar-refractivity contribution in [3.05, 3.63) is 81.2 Å². The van der Waals surface area contributed by atoms with Gasteiger partial charge in [0.1, 0.15) is 22.3 Å². The largest absolute Gasteiger partial charge is 0.480 e. The van der Waals surface area contributed by atoms with Crippen molar-refractivity contribution in [3.63, 3.8) is 0 Å². The molecule has 1 amide bonds. The van der Waals surface area contributed by atoms with Crippen LogP contribution in [0.25, 0.3) is 0 Å². The van der Waals surface area contributed by atoms with E-state index in [0.29, 0.717) is 0 Å². The van der Waals surface area contributed by atoms with Crippen LogP contribution in [0, 0.1) is 17.5 Å². The second-order valence-electron chi connectivity index (χ2n) is 8.15. The van der Waals surface area contributed by atoms with Gasteiger partial charge in [0, 0.05) is 28.1 Å². The predicted molar refractivity (Wildman–Crippen MR) is 127 cm³/mol. The fourth-order valence-electron chi connectivity index (χ4n) is 4.18. The summed E-state index contributed by atoms with van der Waals surface area (Å²) in [4.78, 5) is 18.8. The molecule has 2 heterocycles. The van der Waals surface area contributed by atoms with Gasteiger partial charge in [-0.05, 0) is 48.7 Å². The van der Waals surface area contributed by atoms with Crippen molar-refractivity contribution >= 4 is 37.4 Å². The molecule has 0 saturated heterocycles. The van der Waals surface area contributed by atoms with Crippen molar-refractivity contribution < 1.29 is 31.1 Å². The number of halogens is 4. The first-order valence-corrected chi connectivity index (χ1v) is 13.2. The highest BCUT2D eigenvalue weighted by atomic mass is 79.9. The van der Waals surface area contributed by atoms with Crippen molar-refractivity contribution in [1.29, 1.82) is 0 Å². The number of rotatable bonds is 5. The molecule has 6 nitrogen and oxygen atoms in total. The molecule has 0 bridgehead atoms. The van der Waals surface area contributed by atoms with Gasteiger partial charge in [-0.1, -0.05) is 22.0 Å². The summed E-state index contributed by atoms with van der Waals surface area (Å²) in [6.45, 7) is -0.487. The van der Waals surface area contributed by atoms with Gasteiger partial charge in [-0.25, -0.2) is 26.6 Å². The second-order valence-corrected chi connectivity index (χ2v) is 11.0. The van der Waals surface area contributed by atoms with Crippen LogP contribution in [-0.2, 0) is 27.6 Å². The predicted octanol–water partition coefficient (Wildman–Crippen LogP) is 4.94.